The van der Waals surface area contributed by atoms with Gasteiger partial charge in [-0.05, 0) is 30.5 Å². The Morgan fingerprint density at radius 1 is 0.905 bits per heavy atom. The second kappa shape index (κ2) is 25.0. The van der Waals surface area contributed by atoms with Crippen molar-refractivity contribution in [1.29, 1.82) is 0 Å². The normalized spacial score (nSPS) is 14.7. The summed E-state index contributed by atoms with van der Waals surface area (Å²) in [5.74, 6) is -1.03. The number of carbonyl (C=O) groups excluding carboxylic acids is 2. The predicted molar refractivity (Wildman–Crippen MR) is 164 cm³/mol. The molecule has 4 rings (SSSR count). The predicted octanol–water partition coefficient (Wildman–Crippen LogP) is 4.89. The minimum atomic E-state index is -1.02. The number of hydrogen-bond acceptors (Lipinski definition) is 5. The van der Waals surface area contributed by atoms with Gasteiger partial charge in [0.1, 0.15) is 11.6 Å². The molecule has 2 radical (unpaired) electrons. The Labute approximate surface area is 304 Å². The van der Waals surface area contributed by atoms with Gasteiger partial charge in [0, 0.05) is 97.3 Å². The Morgan fingerprint density at radius 2 is 1.40 bits per heavy atom. The number of nitrogens with zero attached hydrogens (tertiary/aromatic N) is 2. The van der Waals surface area contributed by atoms with Gasteiger partial charge in [0.15, 0.2) is 0 Å². The maximum absolute atomic E-state index is 12.7. The van der Waals surface area contributed by atoms with Gasteiger partial charge in [0.05, 0.1) is 6.67 Å². The molecule has 42 heavy (non-hydrogen) atoms. The molecule has 0 bridgehead atoms. The number of anilines is 1. The number of urea groups is 1. The minimum absolute atomic E-state index is 0. The maximum atomic E-state index is 12.7. The Hall–Kier alpha value is -1.38. The van der Waals surface area contributed by atoms with Crippen molar-refractivity contribution < 1.29 is 84.9 Å². The van der Waals surface area contributed by atoms with Gasteiger partial charge >= 0.3 is 12.0 Å². The third-order valence-electron chi connectivity index (χ3n) is 6.43. The summed E-state index contributed by atoms with van der Waals surface area (Å²) >= 11 is 0. The van der Waals surface area contributed by atoms with Crippen LogP contribution in [0, 0.1) is 7.43 Å². The van der Waals surface area contributed by atoms with Crippen LogP contribution in [0.4, 0.5) is 10.5 Å². The van der Waals surface area contributed by atoms with E-state index >= 15 is 0 Å². The molecule has 4 N–H and O–H groups in total. The van der Waals surface area contributed by atoms with E-state index in [9.17, 15) is 19.5 Å². The fourth-order valence-electron chi connectivity index (χ4n) is 4.50. The Morgan fingerprint density at radius 3 is 1.90 bits per heavy atom. The van der Waals surface area contributed by atoms with E-state index in [1.165, 1.54) is 0 Å². The second-order valence-corrected chi connectivity index (χ2v) is 8.39. The van der Waals surface area contributed by atoms with E-state index in [4.69, 9.17) is 0 Å². The third kappa shape index (κ3) is 12.7. The van der Waals surface area contributed by atoms with Gasteiger partial charge in [-0.2, -0.15) is 0 Å². The number of likely N-dealkylation sites (tertiary alicyclic amines) is 1. The van der Waals surface area contributed by atoms with Gasteiger partial charge in [-0.25, -0.2) is 4.79 Å². The standard InChI is InChI=1S/C24H29N5O4.3C2H6.CH3.2Y/c30-21(31)20(25-15-18-7-3-1-4-8-18)16-26-23(33)28-13-11-24(12-14-28)22(32)27-17-29(24)19-9-5-2-6-10-19;3*1-2;;;/h1-10,20,25H,11-17H2,(H,26,33)(H,27,32)(H,30,31);3*1-2H3;1H3;;/q;;;;-1;;/t20-;;;;;;/m0....../s1. The van der Waals surface area contributed by atoms with Crippen LogP contribution in [0.3, 0.4) is 0 Å². The Kier molecular flexibility index (Phi) is 26.8. The van der Waals surface area contributed by atoms with E-state index in [2.05, 4.69) is 20.9 Å². The molecule has 2 aliphatic heterocycles. The number of amides is 3. The number of carboxylic acids is 1. The smallest absolute Gasteiger partial charge is 0.322 e. The Bertz CT molecular complexity index is 991. The number of piperidine rings is 1. The molecule has 1 spiro atoms. The zero-order valence-corrected chi connectivity index (χ0v) is 32.2. The van der Waals surface area contributed by atoms with E-state index in [0.717, 1.165) is 11.3 Å². The van der Waals surface area contributed by atoms with Crippen LogP contribution in [0.15, 0.2) is 60.7 Å². The molecule has 0 aromatic heterocycles. The molecule has 3 amide bonds. The van der Waals surface area contributed by atoms with Crippen molar-refractivity contribution in [1.82, 2.24) is 20.9 Å². The van der Waals surface area contributed by atoms with Crippen molar-refractivity contribution in [3.63, 3.8) is 0 Å². The number of aliphatic carboxylic acids is 1. The average Bonchev–Trinajstić information content (AvgIpc) is 3.31. The minimum Gasteiger partial charge on any atom is -0.480 e. The third-order valence-corrected chi connectivity index (χ3v) is 6.43. The van der Waals surface area contributed by atoms with Crippen LogP contribution in [0.5, 0.6) is 0 Å². The van der Waals surface area contributed by atoms with E-state index in [1.807, 2.05) is 102 Å². The first-order chi connectivity index (χ1) is 19.0. The summed E-state index contributed by atoms with van der Waals surface area (Å²) in [6.45, 7) is 13.6. The first-order valence-electron chi connectivity index (χ1n) is 14.1. The second-order valence-electron chi connectivity index (χ2n) is 8.39. The van der Waals surface area contributed by atoms with Gasteiger partial charge in [0.25, 0.3) is 0 Å². The van der Waals surface area contributed by atoms with Gasteiger partial charge < -0.3 is 33.0 Å². The average molecular weight is 735 g/mol. The van der Waals surface area contributed by atoms with E-state index < -0.39 is 17.6 Å². The molecular weight excluding hydrogens is 684 g/mol. The van der Waals surface area contributed by atoms with Crippen LogP contribution in [0.1, 0.15) is 59.9 Å². The number of para-hydroxylation sites is 1. The molecule has 2 aliphatic rings. The number of nitrogens with one attached hydrogen (secondary N) is 3. The van der Waals surface area contributed by atoms with Crippen LogP contribution in [0.25, 0.3) is 0 Å². The van der Waals surface area contributed by atoms with Crippen LogP contribution >= 0.6 is 0 Å². The first kappa shape index (κ1) is 45.1. The van der Waals surface area contributed by atoms with E-state index in [1.54, 1.807) is 4.90 Å². The summed E-state index contributed by atoms with van der Waals surface area (Å²) in [4.78, 5) is 40.8. The molecule has 11 heteroatoms. The van der Waals surface area contributed by atoms with Crippen LogP contribution in [-0.4, -0.2) is 65.8 Å². The van der Waals surface area contributed by atoms with Crippen molar-refractivity contribution in [3.05, 3.63) is 73.7 Å². The van der Waals surface area contributed by atoms with E-state index in [-0.39, 0.29) is 91.3 Å². The van der Waals surface area contributed by atoms with Crippen LogP contribution in [0.2, 0.25) is 0 Å². The fourth-order valence-corrected chi connectivity index (χ4v) is 4.50. The first-order valence-corrected chi connectivity index (χ1v) is 14.1. The van der Waals surface area contributed by atoms with Crippen molar-refractivity contribution in [2.75, 3.05) is 31.2 Å². The largest absolute Gasteiger partial charge is 0.480 e. The number of rotatable bonds is 7. The van der Waals surface area contributed by atoms with Crippen molar-refractivity contribution in [2.45, 2.75) is 72.5 Å². The molecule has 1 atom stereocenters. The summed E-state index contributed by atoms with van der Waals surface area (Å²) < 4.78 is 0. The van der Waals surface area contributed by atoms with Crippen molar-refractivity contribution >= 4 is 23.6 Å². The number of carbonyl (C=O) groups is 3. The maximum Gasteiger partial charge on any atom is 0.322 e. The monoisotopic (exact) mass is 734 g/mol. The Balaban J connectivity index is -0.00000159. The molecule has 0 saturated carbocycles. The van der Waals surface area contributed by atoms with Crippen LogP contribution in [-0.2, 0) is 81.6 Å². The molecule has 2 fully saturated rings. The fraction of sp³-hybridized carbons (Fsp3) is 0.484. The molecule has 9 nitrogen and oxygen atoms in total. The number of carboxylic acid groups (broad SMARTS) is 1. The summed E-state index contributed by atoms with van der Waals surface area (Å²) in [5.41, 5.74) is 1.27. The van der Waals surface area contributed by atoms with Crippen molar-refractivity contribution in [3.8, 4) is 0 Å². The summed E-state index contributed by atoms with van der Waals surface area (Å²) in [5, 5.41) is 18.2. The summed E-state index contributed by atoms with van der Waals surface area (Å²) in [7, 11) is 0. The number of hydrogen-bond donors (Lipinski definition) is 4. The molecule has 2 saturated heterocycles. The number of benzene rings is 2. The topological polar surface area (TPSA) is 114 Å². The quantitative estimate of drug-likeness (QED) is 0.302. The SMILES string of the molecule is CC.CC.CC.O=C(O)[C@H](CNC(=O)N1CCC2(CC1)C(=O)NCN2c1ccccc1)NCc1ccccc1.[CH3-].[Y].[Y]. The van der Waals surface area contributed by atoms with Gasteiger partial charge in [-0.1, -0.05) is 90.1 Å². The molecule has 2 aromatic rings. The van der Waals surface area contributed by atoms with E-state index in [0.29, 0.717) is 39.1 Å². The van der Waals surface area contributed by atoms with Gasteiger partial charge in [-0.3, -0.25) is 14.9 Å². The van der Waals surface area contributed by atoms with Crippen LogP contribution < -0.4 is 20.9 Å². The van der Waals surface area contributed by atoms with Gasteiger partial charge in [0.2, 0.25) is 5.91 Å². The van der Waals surface area contributed by atoms with Gasteiger partial charge in [-0.15, -0.1) is 0 Å². The summed E-state index contributed by atoms with van der Waals surface area (Å²) in [6, 6.07) is 18.1. The molecule has 2 aromatic carbocycles. The summed E-state index contributed by atoms with van der Waals surface area (Å²) in [6.07, 6.45) is 1.02. The molecule has 230 valence electrons. The molecule has 2 heterocycles. The zero-order chi connectivity index (χ0) is 29.3. The van der Waals surface area contributed by atoms with Crippen molar-refractivity contribution in [2.24, 2.45) is 0 Å². The molecular formula is C31H50N5O4Y2-. The molecule has 0 unspecified atom stereocenters. The zero-order valence-electron chi connectivity index (χ0n) is 26.5. The molecule has 0 aliphatic carbocycles.